The molecule has 1 aliphatic carbocycles. The minimum Gasteiger partial charge on any atom is -0.488 e. The smallest absolute Gasteiger partial charge is 0.358 e. The molecular weight excluding hydrogens is 424 g/mol. The van der Waals surface area contributed by atoms with Crippen LogP contribution in [0.4, 0.5) is 0 Å². The zero-order chi connectivity index (χ0) is 22.5. The van der Waals surface area contributed by atoms with Gasteiger partial charge in [-0.1, -0.05) is 41.4 Å². The summed E-state index contributed by atoms with van der Waals surface area (Å²) >= 11 is 6.36. The second-order valence-electron chi connectivity index (χ2n) is 7.74. The quantitative estimate of drug-likeness (QED) is 0.397. The van der Waals surface area contributed by atoms with E-state index in [-0.39, 0.29) is 5.69 Å². The van der Waals surface area contributed by atoms with Crippen molar-refractivity contribution in [3.8, 4) is 5.75 Å². The van der Waals surface area contributed by atoms with E-state index in [4.69, 9.17) is 21.1 Å². The van der Waals surface area contributed by atoms with Crippen LogP contribution in [0.3, 0.4) is 0 Å². The first-order chi connectivity index (χ1) is 15.5. The zero-order valence-corrected chi connectivity index (χ0v) is 19.0. The maximum atomic E-state index is 12.1. The third kappa shape index (κ3) is 5.00. The molecule has 0 spiro atoms. The first kappa shape index (κ1) is 22.0. The van der Waals surface area contributed by atoms with Gasteiger partial charge in [0, 0.05) is 10.6 Å². The van der Waals surface area contributed by atoms with Crippen molar-refractivity contribution in [1.82, 2.24) is 9.97 Å². The van der Waals surface area contributed by atoms with Gasteiger partial charge in [0.1, 0.15) is 12.4 Å². The maximum Gasteiger partial charge on any atom is 0.358 e. The maximum absolute atomic E-state index is 12.1. The van der Waals surface area contributed by atoms with E-state index in [0.717, 1.165) is 47.3 Å². The highest BCUT2D eigenvalue weighted by Crippen LogP contribution is 2.43. The molecule has 32 heavy (non-hydrogen) atoms. The van der Waals surface area contributed by atoms with E-state index in [2.05, 4.69) is 41.2 Å². The average molecular weight is 449 g/mol. The number of carbonyl (C=O) groups is 1. The standard InChI is InChI=1S/C26H25ClN2O3/c1-3-31-26(30)24-15-28-14-23(29-24)21-6-4-5-20(21)22-13-19(27)11-12-25(22)32-16-18-9-7-17(2)8-10-18/h7-15H,3-6,16H2,1-2H3. The van der Waals surface area contributed by atoms with Crippen molar-refractivity contribution in [1.29, 1.82) is 0 Å². The van der Waals surface area contributed by atoms with Gasteiger partial charge in [-0.05, 0) is 68.0 Å². The number of ether oxygens (including phenoxy) is 2. The number of nitrogens with zero attached hydrogens (tertiary/aromatic N) is 2. The van der Waals surface area contributed by atoms with Crippen molar-refractivity contribution in [2.75, 3.05) is 6.61 Å². The van der Waals surface area contributed by atoms with Crippen molar-refractivity contribution >= 4 is 28.7 Å². The minimum absolute atomic E-state index is 0.213. The zero-order valence-electron chi connectivity index (χ0n) is 18.2. The molecule has 0 saturated heterocycles. The number of aryl methyl sites for hydroxylation is 1. The number of aromatic nitrogens is 2. The second-order valence-corrected chi connectivity index (χ2v) is 8.17. The molecule has 4 rings (SSSR count). The molecular formula is C26H25ClN2O3. The molecule has 0 bridgehead atoms. The van der Waals surface area contributed by atoms with E-state index in [1.54, 1.807) is 13.1 Å². The second kappa shape index (κ2) is 9.96. The molecule has 0 radical (unpaired) electrons. The predicted molar refractivity (Wildman–Crippen MR) is 126 cm³/mol. The highest BCUT2D eigenvalue weighted by Gasteiger charge is 2.23. The van der Waals surface area contributed by atoms with Crippen LogP contribution in [0.5, 0.6) is 5.75 Å². The number of allylic oxidation sites excluding steroid dienone is 2. The van der Waals surface area contributed by atoms with Crippen LogP contribution < -0.4 is 4.74 Å². The fourth-order valence-electron chi connectivity index (χ4n) is 3.85. The Morgan fingerprint density at radius 2 is 1.84 bits per heavy atom. The SMILES string of the molecule is CCOC(=O)c1cncc(C2=C(c3cc(Cl)ccc3OCc3ccc(C)cc3)CCC2)n1. The van der Waals surface area contributed by atoms with Gasteiger partial charge in [-0.2, -0.15) is 0 Å². The summed E-state index contributed by atoms with van der Waals surface area (Å²) in [5.41, 5.74) is 6.36. The summed E-state index contributed by atoms with van der Waals surface area (Å²) < 4.78 is 11.3. The van der Waals surface area contributed by atoms with Crippen LogP contribution in [0, 0.1) is 6.92 Å². The van der Waals surface area contributed by atoms with Gasteiger partial charge >= 0.3 is 5.97 Å². The number of esters is 1. The van der Waals surface area contributed by atoms with E-state index >= 15 is 0 Å². The Kier molecular flexibility index (Phi) is 6.86. The minimum atomic E-state index is -0.466. The largest absolute Gasteiger partial charge is 0.488 e. The fraction of sp³-hybridized carbons (Fsp3) is 0.269. The van der Waals surface area contributed by atoms with E-state index in [1.165, 1.54) is 11.8 Å². The summed E-state index contributed by atoms with van der Waals surface area (Å²) in [4.78, 5) is 20.9. The molecule has 0 aliphatic heterocycles. The molecule has 0 amide bonds. The molecule has 0 fully saturated rings. The van der Waals surface area contributed by atoms with Crippen LogP contribution in [-0.2, 0) is 11.3 Å². The van der Waals surface area contributed by atoms with Gasteiger partial charge in [-0.15, -0.1) is 0 Å². The van der Waals surface area contributed by atoms with E-state index in [0.29, 0.717) is 23.9 Å². The van der Waals surface area contributed by atoms with Gasteiger partial charge in [0.15, 0.2) is 5.69 Å². The lowest BCUT2D eigenvalue weighted by molar-refractivity contribution is 0.0519. The highest BCUT2D eigenvalue weighted by atomic mass is 35.5. The molecule has 0 N–H and O–H groups in total. The molecule has 2 aromatic carbocycles. The lowest BCUT2D eigenvalue weighted by Gasteiger charge is -2.15. The number of hydrogen-bond donors (Lipinski definition) is 0. The molecule has 0 unspecified atom stereocenters. The molecule has 5 nitrogen and oxygen atoms in total. The van der Waals surface area contributed by atoms with E-state index in [1.807, 2.05) is 18.2 Å². The molecule has 0 saturated carbocycles. The van der Waals surface area contributed by atoms with Crippen molar-refractivity contribution in [3.05, 3.63) is 88.0 Å². The van der Waals surface area contributed by atoms with Gasteiger partial charge < -0.3 is 9.47 Å². The van der Waals surface area contributed by atoms with Crippen LogP contribution in [0.2, 0.25) is 5.02 Å². The third-order valence-corrected chi connectivity index (χ3v) is 5.66. The van der Waals surface area contributed by atoms with Crippen molar-refractivity contribution in [2.24, 2.45) is 0 Å². The van der Waals surface area contributed by atoms with Crippen LogP contribution >= 0.6 is 11.6 Å². The summed E-state index contributed by atoms with van der Waals surface area (Å²) in [6.45, 7) is 4.60. The van der Waals surface area contributed by atoms with Crippen LogP contribution in [-0.4, -0.2) is 22.5 Å². The summed E-state index contributed by atoms with van der Waals surface area (Å²) in [6, 6.07) is 14.0. The molecule has 3 aromatic rings. The van der Waals surface area contributed by atoms with E-state index in [9.17, 15) is 4.79 Å². The number of rotatable bonds is 7. The molecule has 1 aromatic heterocycles. The predicted octanol–water partition coefficient (Wildman–Crippen LogP) is 6.29. The Labute approximate surface area is 193 Å². The van der Waals surface area contributed by atoms with Crippen LogP contribution in [0.1, 0.15) is 59.1 Å². The van der Waals surface area contributed by atoms with Gasteiger partial charge in [0.2, 0.25) is 0 Å². The Bertz CT molecular complexity index is 1160. The van der Waals surface area contributed by atoms with Crippen molar-refractivity contribution in [2.45, 2.75) is 39.7 Å². The van der Waals surface area contributed by atoms with Gasteiger partial charge in [-0.25, -0.2) is 9.78 Å². The molecule has 1 aliphatic rings. The van der Waals surface area contributed by atoms with Gasteiger partial charge in [-0.3, -0.25) is 4.98 Å². The summed E-state index contributed by atoms with van der Waals surface area (Å²) in [6.07, 6.45) is 5.84. The number of halogens is 1. The molecule has 164 valence electrons. The highest BCUT2D eigenvalue weighted by molar-refractivity contribution is 6.30. The van der Waals surface area contributed by atoms with E-state index < -0.39 is 5.97 Å². The fourth-order valence-corrected chi connectivity index (χ4v) is 4.02. The Morgan fingerprint density at radius 3 is 2.62 bits per heavy atom. The average Bonchev–Trinajstić information content (AvgIpc) is 3.29. The van der Waals surface area contributed by atoms with Crippen molar-refractivity contribution in [3.63, 3.8) is 0 Å². The Morgan fingerprint density at radius 1 is 1.06 bits per heavy atom. The molecule has 6 heteroatoms. The molecule has 0 atom stereocenters. The van der Waals surface area contributed by atoms with Crippen LogP contribution in [0.25, 0.3) is 11.1 Å². The lowest BCUT2D eigenvalue weighted by atomic mass is 9.99. The van der Waals surface area contributed by atoms with Gasteiger partial charge in [0.25, 0.3) is 0 Å². The normalized spacial score (nSPS) is 13.3. The number of benzene rings is 2. The number of hydrogen-bond acceptors (Lipinski definition) is 5. The first-order valence-electron chi connectivity index (χ1n) is 10.7. The van der Waals surface area contributed by atoms with Crippen LogP contribution in [0.15, 0.2) is 54.9 Å². The molecule has 1 heterocycles. The van der Waals surface area contributed by atoms with Gasteiger partial charge in [0.05, 0.1) is 24.7 Å². The number of carbonyl (C=O) groups excluding carboxylic acids is 1. The lowest BCUT2D eigenvalue weighted by Crippen LogP contribution is -2.09. The summed E-state index contributed by atoms with van der Waals surface area (Å²) in [7, 11) is 0. The first-order valence-corrected chi connectivity index (χ1v) is 11.1. The summed E-state index contributed by atoms with van der Waals surface area (Å²) in [5.74, 6) is 0.311. The Hall–Kier alpha value is -3.18. The summed E-state index contributed by atoms with van der Waals surface area (Å²) in [5, 5.41) is 0.646. The monoisotopic (exact) mass is 448 g/mol. The van der Waals surface area contributed by atoms with Crippen molar-refractivity contribution < 1.29 is 14.3 Å². The third-order valence-electron chi connectivity index (χ3n) is 5.43. The topological polar surface area (TPSA) is 61.3 Å². The Balaban J connectivity index is 1.68.